The van der Waals surface area contributed by atoms with Crippen molar-refractivity contribution < 1.29 is 8.94 Å². The molecule has 0 atom stereocenters. The number of hydrogen-bond donors (Lipinski definition) is 0. The van der Waals surface area contributed by atoms with E-state index >= 15 is 0 Å². The van der Waals surface area contributed by atoms with Gasteiger partial charge in [-0.1, -0.05) is 41.2 Å². The smallest absolute Gasteiger partial charge is 0.202 e. The van der Waals surface area contributed by atoms with Gasteiger partial charge in [0.25, 0.3) is 0 Å². The summed E-state index contributed by atoms with van der Waals surface area (Å²) < 4.78 is 10.6. The fourth-order valence-corrected chi connectivity index (χ4v) is 2.95. The number of furan rings is 1. The lowest BCUT2D eigenvalue weighted by Gasteiger charge is -2.01. The van der Waals surface area contributed by atoms with Crippen molar-refractivity contribution in [2.24, 2.45) is 0 Å². The van der Waals surface area contributed by atoms with Gasteiger partial charge < -0.3 is 8.94 Å². The van der Waals surface area contributed by atoms with Crippen molar-refractivity contribution in [1.29, 1.82) is 0 Å². The molecule has 4 rings (SSSR count). The number of benzene rings is 1. The molecule has 4 nitrogen and oxygen atoms in total. The van der Waals surface area contributed by atoms with Gasteiger partial charge >= 0.3 is 0 Å². The maximum absolute atomic E-state index is 5.29. The number of fused-ring (bicyclic) bond motifs is 1. The van der Waals surface area contributed by atoms with E-state index < -0.39 is 0 Å². The average molecular weight is 308 g/mol. The van der Waals surface area contributed by atoms with Crippen molar-refractivity contribution in [1.82, 2.24) is 10.1 Å². The molecule has 3 heterocycles. The maximum Gasteiger partial charge on any atom is 0.202 e. The molecule has 0 unspecified atom stereocenters. The highest BCUT2D eigenvalue weighted by atomic mass is 32.2. The quantitative estimate of drug-likeness (QED) is 0.508. The molecule has 0 spiro atoms. The minimum Gasteiger partial charge on any atom is -0.461 e. The zero-order valence-corrected chi connectivity index (χ0v) is 12.4. The van der Waals surface area contributed by atoms with E-state index in [9.17, 15) is 0 Å². The fraction of sp³-hybridized carbons (Fsp3) is 0.0588. The number of rotatable bonds is 4. The molecule has 0 radical (unpaired) electrons. The zero-order valence-electron chi connectivity index (χ0n) is 11.6. The summed E-state index contributed by atoms with van der Waals surface area (Å²) in [4.78, 5) is 4.63. The third-order valence-corrected chi connectivity index (χ3v) is 4.23. The summed E-state index contributed by atoms with van der Waals surface area (Å²) in [5, 5.41) is 6.19. The number of pyridine rings is 1. The predicted molar refractivity (Wildman–Crippen MR) is 85.5 cm³/mol. The van der Waals surface area contributed by atoms with Crippen molar-refractivity contribution in [3.05, 3.63) is 66.6 Å². The summed E-state index contributed by atoms with van der Waals surface area (Å²) >= 11 is 1.63. The number of nitrogens with zero attached hydrogens (tertiary/aromatic N) is 2. The van der Waals surface area contributed by atoms with Gasteiger partial charge in [0.1, 0.15) is 0 Å². The van der Waals surface area contributed by atoms with Gasteiger partial charge in [-0.05, 0) is 24.3 Å². The molecule has 5 heteroatoms. The minimum absolute atomic E-state index is 0.645. The molecule has 108 valence electrons. The van der Waals surface area contributed by atoms with Crippen LogP contribution >= 0.6 is 11.8 Å². The summed E-state index contributed by atoms with van der Waals surface area (Å²) in [6, 6.07) is 17.8. The molecule has 0 bridgehead atoms. The number of para-hydroxylation sites is 1. The average Bonchev–Trinajstić information content (AvgIpc) is 3.24. The van der Waals surface area contributed by atoms with Crippen LogP contribution in [0.1, 0.15) is 5.69 Å². The molecule has 0 aliphatic heterocycles. The van der Waals surface area contributed by atoms with E-state index in [1.165, 1.54) is 0 Å². The highest BCUT2D eigenvalue weighted by Crippen LogP contribution is 2.26. The Hall–Kier alpha value is -2.53. The first kappa shape index (κ1) is 13.2. The van der Waals surface area contributed by atoms with Gasteiger partial charge in [0.15, 0.2) is 5.76 Å². The molecule has 4 aromatic rings. The van der Waals surface area contributed by atoms with Crippen molar-refractivity contribution in [3.8, 4) is 11.5 Å². The van der Waals surface area contributed by atoms with Gasteiger partial charge in [0.05, 0.1) is 22.5 Å². The van der Waals surface area contributed by atoms with Crippen LogP contribution in [-0.2, 0) is 5.75 Å². The van der Waals surface area contributed by atoms with E-state index in [1.54, 1.807) is 18.0 Å². The molecule has 0 N–H and O–H groups in total. The van der Waals surface area contributed by atoms with Gasteiger partial charge in [-0.2, -0.15) is 0 Å². The zero-order chi connectivity index (χ0) is 14.8. The van der Waals surface area contributed by atoms with Gasteiger partial charge in [0.2, 0.25) is 5.76 Å². The Morgan fingerprint density at radius 1 is 0.955 bits per heavy atom. The van der Waals surface area contributed by atoms with Gasteiger partial charge in [0, 0.05) is 17.2 Å². The second kappa shape index (κ2) is 5.69. The van der Waals surface area contributed by atoms with Crippen LogP contribution in [0, 0.1) is 0 Å². The standard InChI is InChI=1S/C17H12N2O2S/c1-2-5-14-12(4-1)7-8-17(18-14)22-11-13-10-16(21-19-13)15-6-3-9-20-15/h1-10H,11H2. The summed E-state index contributed by atoms with van der Waals surface area (Å²) in [5.74, 6) is 2.04. The molecule has 3 aromatic heterocycles. The van der Waals surface area contributed by atoms with Crippen LogP contribution in [0.4, 0.5) is 0 Å². The van der Waals surface area contributed by atoms with Crippen molar-refractivity contribution in [2.45, 2.75) is 10.8 Å². The predicted octanol–water partition coefficient (Wildman–Crippen LogP) is 4.78. The maximum atomic E-state index is 5.29. The first-order valence-electron chi connectivity index (χ1n) is 6.86. The number of aromatic nitrogens is 2. The monoisotopic (exact) mass is 308 g/mol. The van der Waals surface area contributed by atoms with Crippen LogP contribution < -0.4 is 0 Å². The Morgan fingerprint density at radius 2 is 1.91 bits per heavy atom. The fourth-order valence-electron chi connectivity index (χ4n) is 2.19. The van der Waals surface area contributed by atoms with Gasteiger partial charge in [-0.3, -0.25) is 0 Å². The first-order valence-corrected chi connectivity index (χ1v) is 7.85. The van der Waals surface area contributed by atoms with Crippen molar-refractivity contribution in [3.63, 3.8) is 0 Å². The number of thioether (sulfide) groups is 1. The Balaban J connectivity index is 1.49. The lowest BCUT2D eigenvalue weighted by molar-refractivity contribution is 0.413. The molecular formula is C17H12N2O2S. The SMILES string of the molecule is c1coc(-c2cc(CSc3ccc4ccccc4n3)no2)c1. The van der Waals surface area contributed by atoms with Crippen LogP contribution in [-0.4, -0.2) is 10.1 Å². The molecule has 0 aliphatic carbocycles. The molecule has 0 saturated carbocycles. The van der Waals surface area contributed by atoms with E-state index in [-0.39, 0.29) is 0 Å². The third kappa shape index (κ3) is 2.63. The minimum atomic E-state index is 0.645. The van der Waals surface area contributed by atoms with E-state index in [0.717, 1.165) is 21.6 Å². The topological polar surface area (TPSA) is 52.1 Å². The molecule has 0 aliphatic rings. The first-order chi connectivity index (χ1) is 10.9. The summed E-state index contributed by atoms with van der Waals surface area (Å²) in [5.41, 5.74) is 1.87. The second-order valence-electron chi connectivity index (χ2n) is 4.79. The van der Waals surface area contributed by atoms with E-state index in [1.807, 2.05) is 42.5 Å². The van der Waals surface area contributed by atoms with Crippen molar-refractivity contribution >= 4 is 22.7 Å². The molecule has 0 amide bonds. The highest BCUT2D eigenvalue weighted by Gasteiger charge is 2.09. The largest absolute Gasteiger partial charge is 0.461 e. The lowest BCUT2D eigenvalue weighted by Crippen LogP contribution is -1.84. The Bertz CT molecular complexity index is 900. The van der Waals surface area contributed by atoms with Crippen LogP contribution in [0.15, 0.2) is 74.8 Å². The van der Waals surface area contributed by atoms with Crippen LogP contribution in [0.3, 0.4) is 0 Å². The van der Waals surface area contributed by atoms with Crippen LogP contribution in [0.25, 0.3) is 22.4 Å². The molecule has 0 saturated heterocycles. The van der Waals surface area contributed by atoms with Crippen molar-refractivity contribution in [2.75, 3.05) is 0 Å². The summed E-state index contributed by atoms with van der Waals surface area (Å²) in [7, 11) is 0. The number of hydrogen-bond acceptors (Lipinski definition) is 5. The lowest BCUT2D eigenvalue weighted by atomic mass is 10.2. The molecule has 1 aromatic carbocycles. The second-order valence-corrected chi connectivity index (χ2v) is 5.79. The van der Waals surface area contributed by atoms with E-state index in [0.29, 0.717) is 17.3 Å². The highest BCUT2D eigenvalue weighted by molar-refractivity contribution is 7.98. The summed E-state index contributed by atoms with van der Waals surface area (Å²) in [6.45, 7) is 0. The molecular weight excluding hydrogens is 296 g/mol. The van der Waals surface area contributed by atoms with Gasteiger partial charge in [-0.25, -0.2) is 4.98 Å². The van der Waals surface area contributed by atoms with E-state index in [4.69, 9.17) is 8.94 Å². The Morgan fingerprint density at radius 3 is 2.82 bits per heavy atom. The van der Waals surface area contributed by atoms with Crippen LogP contribution in [0.2, 0.25) is 0 Å². The van der Waals surface area contributed by atoms with Gasteiger partial charge in [-0.15, -0.1) is 0 Å². The summed E-state index contributed by atoms with van der Waals surface area (Å²) in [6.07, 6.45) is 1.62. The normalized spacial score (nSPS) is 11.1. The third-order valence-electron chi connectivity index (χ3n) is 3.26. The molecule has 22 heavy (non-hydrogen) atoms. The Kier molecular flexibility index (Phi) is 3.40. The Labute approximate surface area is 131 Å². The van der Waals surface area contributed by atoms with Crippen LogP contribution in [0.5, 0.6) is 0 Å². The van der Waals surface area contributed by atoms with E-state index in [2.05, 4.69) is 22.3 Å². The molecule has 0 fully saturated rings.